The van der Waals surface area contributed by atoms with E-state index in [0.29, 0.717) is 18.8 Å². The molecule has 2 amide bonds. The predicted molar refractivity (Wildman–Crippen MR) is 102 cm³/mol. The highest BCUT2D eigenvalue weighted by atomic mass is 16.5. The minimum atomic E-state index is -0.457. The van der Waals surface area contributed by atoms with Gasteiger partial charge < -0.3 is 25.0 Å². The zero-order valence-corrected chi connectivity index (χ0v) is 15.2. The zero-order valence-electron chi connectivity index (χ0n) is 15.2. The quantitative estimate of drug-likeness (QED) is 0.828. The molecule has 1 fully saturated rings. The summed E-state index contributed by atoms with van der Waals surface area (Å²) in [7, 11) is 0. The first kappa shape index (κ1) is 17.9. The van der Waals surface area contributed by atoms with E-state index >= 15 is 0 Å². The molecule has 3 rings (SSSR count). The van der Waals surface area contributed by atoms with Crippen LogP contribution in [0.2, 0.25) is 0 Å². The Morgan fingerprint density at radius 1 is 1.12 bits per heavy atom. The van der Waals surface area contributed by atoms with Gasteiger partial charge in [-0.1, -0.05) is 12.1 Å². The largest absolute Gasteiger partial charge is 0.508 e. The van der Waals surface area contributed by atoms with E-state index in [1.165, 1.54) is 11.3 Å². The summed E-state index contributed by atoms with van der Waals surface area (Å²) in [4.78, 5) is 16.5. The number of phenolic OH excluding ortho intramolecular Hbond substituents is 1. The number of aromatic hydroxyl groups is 1. The van der Waals surface area contributed by atoms with Gasteiger partial charge in [0.05, 0.1) is 0 Å². The number of anilines is 1. The van der Waals surface area contributed by atoms with Crippen LogP contribution in [-0.4, -0.2) is 48.4 Å². The van der Waals surface area contributed by atoms with Crippen LogP contribution >= 0.6 is 0 Å². The molecule has 138 valence electrons. The van der Waals surface area contributed by atoms with Crippen LogP contribution in [0.1, 0.15) is 12.5 Å². The third-order valence-corrected chi connectivity index (χ3v) is 4.41. The number of carbonyl (C=O) groups is 1. The lowest BCUT2D eigenvalue weighted by molar-refractivity contribution is 0.151. The number of urea groups is 1. The molecule has 1 aliphatic rings. The normalized spacial score (nSPS) is 15.5. The molecule has 1 aliphatic heterocycles. The summed E-state index contributed by atoms with van der Waals surface area (Å²) < 4.78 is 5.65. The van der Waals surface area contributed by atoms with Gasteiger partial charge in [-0.3, -0.25) is 0 Å². The van der Waals surface area contributed by atoms with Crippen molar-refractivity contribution in [2.45, 2.75) is 20.1 Å². The molecule has 6 nitrogen and oxygen atoms in total. The van der Waals surface area contributed by atoms with Crippen molar-refractivity contribution in [3.05, 3.63) is 54.1 Å². The minimum Gasteiger partial charge on any atom is -0.508 e. The van der Waals surface area contributed by atoms with Gasteiger partial charge in [0.2, 0.25) is 0 Å². The average Bonchev–Trinajstić information content (AvgIpc) is 2.64. The summed E-state index contributed by atoms with van der Waals surface area (Å²) >= 11 is 0. The maximum absolute atomic E-state index is 12.4. The van der Waals surface area contributed by atoms with E-state index < -0.39 is 6.23 Å². The summed E-state index contributed by atoms with van der Waals surface area (Å²) in [6.07, 6.45) is -0.457. The molecule has 1 saturated heterocycles. The lowest BCUT2D eigenvalue weighted by Crippen LogP contribution is -2.53. The molecule has 0 aromatic heterocycles. The van der Waals surface area contributed by atoms with E-state index in [1.54, 1.807) is 31.2 Å². The summed E-state index contributed by atoms with van der Waals surface area (Å²) in [5, 5.41) is 12.1. The molecule has 0 bridgehead atoms. The van der Waals surface area contributed by atoms with Crippen LogP contribution in [0.4, 0.5) is 10.5 Å². The van der Waals surface area contributed by atoms with Gasteiger partial charge in [0, 0.05) is 31.9 Å². The van der Waals surface area contributed by atoms with Gasteiger partial charge in [-0.05, 0) is 55.8 Å². The number of benzene rings is 2. The molecule has 6 heteroatoms. The van der Waals surface area contributed by atoms with Gasteiger partial charge in [-0.15, -0.1) is 0 Å². The van der Waals surface area contributed by atoms with E-state index in [4.69, 9.17) is 4.74 Å². The first-order valence-electron chi connectivity index (χ1n) is 8.84. The lowest BCUT2D eigenvalue weighted by atomic mass is 10.2. The van der Waals surface area contributed by atoms with E-state index in [-0.39, 0.29) is 11.8 Å². The molecule has 2 N–H and O–H groups in total. The van der Waals surface area contributed by atoms with Crippen molar-refractivity contribution >= 4 is 11.7 Å². The molecular weight excluding hydrogens is 330 g/mol. The summed E-state index contributed by atoms with van der Waals surface area (Å²) in [5.41, 5.74) is 2.44. The molecule has 1 unspecified atom stereocenters. The van der Waals surface area contributed by atoms with E-state index in [9.17, 15) is 9.90 Å². The molecule has 0 saturated carbocycles. The van der Waals surface area contributed by atoms with Crippen molar-refractivity contribution in [2.24, 2.45) is 0 Å². The van der Waals surface area contributed by atoms with Crippen molar-refractivity contribution < 1.29 is 14.6 Å². The van der Waals surface area contributed by atoms with Gasteiger partial charge in [-0.2, -0.15) is 0 Å². The number of amides is 2. The Hall–Kier alpha value is -2.89. The van der Waals surface area contributed by atoms with Crippen LogP contribution in [-0.2, 0) is 0 Å². The fourth-order valence-corrected chi connectivity index (χ4v) is 3.02. The number of hydrogen-bond acceptors (Lipinski definition) is 4. The summed E-state index contributed by atoms with van der Waals surface area (Å²) in [6, 6.07) is 14.7. The Labute approximate surface area is 154 Å². The smallest absolute Gasteiger partial charge is 0.320 e. The van der Waals surface area contributed by atoms with E-state index in [1.807, 2.05) is 4.90 Å². The van der Waals surface area contributed by atoms with Crippen molar-refractivity contribution in [3.63, 3.8) is 0 Å². The predicted octanol–water partition coefficient (Wildman–Crippen LogP) is 2.96. The number of rotatable bonds is 4. The van der Waals surface area contributed by atoms with Gasteiger partial charge in [0.1, 0.15) is 11.5 Å². The molecule has 2 aromatic rings. The van der Waals surface area contributed by atoms with Crippen molar-refractivity contribution in [1.82, 2.24) is 10.2 Å². The number of nitrogens with zero attached hydrogens (tertiary/aromatic N) is 2. The topological polar surface area (TPSA) is 65.0 Å². The second-order valence-electron chi connectivity index (χ2n) is 6.52. The number of ether oxygens (including phenoxy) is 1. The Balaban J connectivity index is 1.48. The fourth-order valence-electron chi connectivity index (χ4n) is 3.02. The van der Waals surface area contributed by atoms with Crippen LogP contribution in [0.5, 0.6) is 11.5 Å². The number of phenols is 1. The van der Waals surface area contributed by atoms with Gasteiger partial charge in [-0.25, -0.2) is 4.79 Å². The Morgan fingerprint density at radius 2 is 1.81 bits per heavy atom. The average molecular weight is 355 g/mol. The highest BCUT2D eigenvalue weighted by Crippen LogP contribution is 2.18. The Bertz CT molecular complexity index is 740. The maximum atomic E-state index is 12.4. The molecule has 1 atom stereocenters. The van der Waals surface area contributed by atoms with Crippen molar-refractivity contribution in [2.75, 3.05) is 31.1 Å². The monoisotopic (exact) mass is 355 g/mol. The van der Waals surface area contributed by atoms with Crippen LogP contribution in [0.15, 0.2) is 48.5 Å². The molecule has 1 heterocycles. The number of hydrogen-bond donors (Lipinski definition) is 2. The third-order valence-electron chi connectivity index (χ3n) is 4.41. The number of piperazine rings is 1. The molecule has 0 spiro atoms. The molecule has 0 radical (unpaired) electrons. The first-order valence-corrected chi connectivity index (χ1v) is 8.84. The summed E-state index contributed by atoms with van der Waals surface area (Å²) in [6.45, 7) is 6.84. The Kier molecular flexibility index (Phi) is 5.51. The Morgan fingerprint density at radius 3 is 2.46 bits per heavy atom. The van der Waals surface area contributed by atoms with Gasteiger partial charge >= 0.3 is 6.03 Å². The van der Waals surface area contributed by atoms with E-state index in [2.05, 4.69) is 41.4 Å². The van der Waals surface area contributed by atoms with Crippen molar-refractivity contribution in [1.29, 1.82) is 0 Å². The van der Waals surface area contributed by atoms with Gasteiger partial charge in [0.15, 0.2) is 6.23 Å². The third kappa shape index (κ3) is 4.59. The first-order chi connectivity index (χ1) is 12.5. The second kappa shape index (κ2) is 7.99. The van der Waals surface area contributed by atoms with Crippen LogP contribution in [0.3, 0.4) is 0 Å². The zero-order chi connectivity index (χ0) is 18.5. The SMILES string of the molecule is Cc1cccc(N2CCN(C(=O)NC(C)Oc3ccc(O)cc3)CC2)c1. The highest BCUT2D eigenvalue weighted by molar-refractivity contribution is 5.74. The highest BCUT2D eigenvalue weighted by Gasteiger charge is 2.22. The lowest BCUT2D eigenvalue weighted by Gasteiger charge is -2.36. The van der Waals surface area contributed by atoms with Gasteiger partial charge in [0.25, 0.3) is 0 Å². The van der Waals surface area contributed by atoms with Crippen molar-refractivity contribution in [3.8, 4) is 11.5 Å². The van der Waals surface area contributed by atoms with Crippen LogP contribution in [0.25, 0.3) is 0 Å². The minimum absolute atomic E-state index is 0.125. The molecule has 2 aromatic carbocycles. The fraction of sp³-hybridized carbons (Fsp3) is 0.350. The maximum Gasteiger partial charge on any atom is 0.320 e. The molecule has 26 heavy (non-hydrogen) atoms. The molecule has 0 aliphatic carbocycles. The number of nitrogens with one attached hydrogen (secondary N) is 1. The molecular formula is C20H25N3O3. The van der Waals surface area contributed by atoms with Crippen LogP contribution < -0.4 is 15.0 Å². The standard InChI is InChI=1S/C20H25N3O3/c1-15-4-3-5-17(14-15)22-10-12-23(13-11-22)20(25)21-16(2)26-19-8-6-18(24)7-9-19/h3-9,14,16,24H,10-13H2,1-2H3,(H,21,25). The number of aryl methyl sites for hydroxylation is 1. The second-order valence-corrected chi connectivity index (χ2v) is 6.52. The van der Waals surface area contributed by atoms with E-state index in [0.717, 1.165) is 13.1 Å². The number of carbonyl (C=O) groups excluding carboxylic acids is 1. The van der Waals surface area contributed by atoms with Crippen LogP contribution in [0, 0.1) is 6.92 Å². The summed E-state index contributed by atoms with van der Waals surface area (Å²) in [5.74, 6) is 0.778.